The first-order chi connectivity index (χ1) is 7.50. The lowest BCUT2D eigenvalue weighted by Gasteiger charge is -2.26. The molecule has 0 heterocycles. The minimum atomic E-state index is 0.670. The monoisotopic (exact) mass is 226 g/mol. The molecule has 0 radical (unpaired) electrons. The van der Waals surface area contributed by atoms with Crippen LogP contribution in [-0.4, -0.2) is 37.6 Å². The summed E-state index contributed by atoms with van der Waals surface area (Å²) in [6.45, 7) is 8.10. The molecule has 1 saturated carbocycles. The molecule has 1 aliphatic carbocycles. The minimum Gasteiger partial charge on any atom is -0.313 e. The number of rotatable bonds is 8. The zero-order valence-corrected chi connectivity index (χ0v) is 11.8. The first-order valence-corrected chi connectivity index (χ1v) is 6.90. The van der Waals surface area contributed by atoms with E-state index in [1.54, 1.807) is 0 Å². The zero-order chi connectivity index (χ0) is 12.1. The normalized spacial score (nSPS) is 20.4. The van der Waals surface area contributed by atoms with Crippen molar-refractivity contribution >= 4 is 0 Å². The highest BCUT2D eigenvalue weighted by Crippen LogP contribution is 2.34. The second-order valence-electron chi connectivity index (χ2n) is 6.15. The quantitative estimate of drug-likeness (QED) is 0.684. The lowest BCUT2D eigenvalue weighted by molar-refractivity contribution is 0.247. The van der Waals surface area contributed by atoms with E-state index in [0.717, 1.165) is 24.4 Å². The predicted octanol–water partition coefficient (Wildman–Crippen LogP) is 2.74. The second kappa shape index (κ2) is 6.61. The molecule has 2 heteroatoms. The molecule has 0 bridgehead atoms. The molecule has 0 saturated heterocycles. The Morgan fingerprint density at radius 3 is 2.19 bits per heavy atom. The predicted molar refractivity (Wildman–Crippen MR) is 71.7 cm³/mol. The molecule has 1 aliphatic rings. The molecule has 1 rings (SSSR count). The van der Waals surface area contributed by atoms with Crippen LogP contribution in [0, 0.1) is 11.8 Å². The van der Waals surface area contributed by atoms with Gasteiger partial charge < -0.3 is 10.2 Å². The first-order valence-electron chi connectivity index (χ1n) is 6.90. The Labute approximate surface area is 102 Å². The molecule has 1 fully saturated rings. The van der Waals surface area contributed by atoms with E-state index in [4.69, 9.17) is 0 Å². The third kappa shape index (κ3) is 5.31. The third-order valence-corrected chi connectivity index (χ3v) is 3.68. The Morgan fingerprint density at radius 1 is 1.12 bits per heavy atom. The van der Waals surface area contributed by atoms with Crippen molar-refractivity contribution in [2.24, 2.45) is 11.8 Å². The van der Waals surface area contributed by atoms with Crippen LogP contribution in [0.5, 0.6) is 0 Å². The van der Waals surface area contributed by atoms with E-state index in [9.17, 15) is 0 Å². The standard InChI is InChI=1S/C14H30N2/c1-11(2)6-7-12(3)15-10-14(16(4)5)13-8-9-13/h11-15H,6-10H2,1-5H3. The maximum absolute atomic E-state index is 3.70. The van der Waals surface area contributed by atoms with Crippen LogP contribution in [0.3, 0.4) is 0 Å². The Balaban J connectivity index is 2.15. The third-order valence-electron chi connectivity index (χ3n) is 3.68. The Kier molecular flexibility index (Phi) is 5.77. The lowest BCUT2D eigenvalue weighted by Crippen LogP contribution is -2.42. The first kappa shape index (κ1) is 14.0. The van der Waals surface area contributed by atoms with Crippen LogP contribution < -0.4 is 5.32 Å². The van der Waals surface area contributed by atoms with Crippen LogP contribution in [0.1, 0.15) is 46.5 Å². The van der Waals surface area contributed by atoms with E-state index in [-0.39, 0.29) is 0 Å². The molecule has 2 atom stereocenters. The van der Waals surface area contributed by atoms with Crippen LogP contribution in [0.15, 0.2) is 0 Å². The highest BCUT2D eigenvalue weighted by molar-refractivity contribution is 4.88. The second-order valence-corrected chi connectivity index (χ2v) is 6.15. The molecule has 1 N–H and O–H groups in total. The molecule has 0 amide bonds. The van der Waals surface area contributed by atoms with Crippen molar-refractivity contribution in [2.75, 3.05) is 20.6 Å². The van der Waals surface area contributed by atoms with Gasteiger partial charge in [-0.1, -0.05) is 13.8 Å². The van der Waals surface area contributed by atoms with E-state index >= 15 is 0 Å². The van der Waals surface area contributed by atoms with E-state index < -0.39 is 0 Å². The summed E-state index contributed by atoms with van der Waals surface area (Å²) < 4.78 is 0. The van der Waals surface area contributed by atoms with Gasteiger partial charge in [0.2, 0.25) is 0 Å². The van der Waals surface area contributed by atoms with E-state index in [2.05, 4.69) is 45.1 Å². The van der Waals surface area contributed by atoms with Gasteiger partial charge in [-0.2, -0.15) is 0 Å². The average Bonchev–Trinajstić information content (AvgIpc) is 2.98. The smallest absolute Gasteiger partial charge is 0.0242 e. The lowest BCUT2D eigenvalue weighted by atomic mass is 10.0. The fourth-order valence-electron chi connectivity index (χ4n) is 2.26. The van der Waals surface area contributed by atoms with E-state index in [0.29, 0.717) is 6.04 Å². The molecule has 0 aromatic rings. The molecule has 0 aromatic carbocycles. The highest BCUT2D eigenvalue weighted by Gasteiger charge is 2.32. The Morgan fingerprint density at radius 2 is 1.75 bits per heavy atom. The van der Waals surface area contributed by atoms with Crippen molar-refractivity contribution in [3.8, 4) is 0 Å². The van der Waals surface area contributed by atoms with Crippen molar-refractivity contribution in [1.82, 2.24) is 10.2 Å². The van der Waals surface area contributed by atoms with Crippen molar-refractivity contribution in [3.05, 3.63) is 0 Å². The maximum atomic E-state index is 3.70. The molecule has 16 heavy (non-hydrogen) atoms. The highest BCUT2D eigenvalue weighted by atomic mass is 15.1. The summed E-state index contributed by atoms with van der Waals surface area (Å²) in [7, 11) is 4.42. The Bertz CT molecular complexity index is 183. The summed E-state index contributed by atoms with van der Waals surface area (Å²) in [5, 5.41) is 3.70. The van der Waals surface area contributed by atoms with Gasteiger partial charge in [0, 0.05) is 18.6 Å². The largest absolute Gasteiger partial charge is 0.313 e. The van der Waals surface area contributed by atoms with Crippen LogP contribution in [-0.2, 0) is 0 Å². The summed E-state index contributed by atoms with van der Waals surface area (Å²) in [4.78, 5) is 2.39. The van der Waals surface area contributed by atoms with Gasteiger partial charge in [0.05, 0.1) is 0 Å². The molecule has 96 valence electrons. The summed E-state index contributed by atoms with van der Waals surface area (Å²) in [6.07, 6.45) is 5.52. The van der Waals surface area contributed by atoms with Crippen LogP contribution >= 0.6 is 0 Å². The summed E-state index contributed by atoms with van der Waals surface area (Å²) in [5.74, 6) is 1.79. The van der Waals surface area contributed by atoms with Gasteiger partial charge in [-0.05, 0) is 58.5 Å². The van der Waals surface area contributed by atoms with Crippen molar-refractivity contribution in [1.29, 1.82) is 0 Å². The number of nitrogens with one attached hydrogen (secondary N) is 1. The van der Waals surface area contributed by atoms with E-state index in [1.165, 1.54) is 25.7 Å². The summed E-state index contributed by atoms with van der Waals surface area (Å²) in [6, 6.07) is 1.42. The van der Waals surface area contributed by atoms with Crippen LogP contribution in [0.2, 0.25) is 0 Å². The molecule has 0 aromatic heterocycles. The van der Waals surface area contributed by atoms with Crippen LogP contribution in [0.4, 0.5) is 0 Å². The summed E-state index contributed by atoms with van der Waals surface area (Å²) in [5.41, 5.74) is 0. The maximum Gasteiger partial charge on any atom is 0.0242 e. The van der Waals surface area contributed by atoms with E-state index in [1.807, 2.05) is 0 Å². The van der Waals surface area contributed by atoms with Gasteiger partial charge in [-0.3, -0.25) is 0 Å². The molecule has 0 spiro atoms. The molecular weight excluding hydrogens is 196 g/mol. The van der Waals surface area contributed by atoms with Gasteiger partial charge in [-0.15, -0.1) is 0 Å². The fraction of sp³-hybridized carbons (Fsp3) is 1.00. The van der Waals surface area contributed by atoms with Gasteiger partial charge >= 0.3 is 0 Å². The Hall–Kier alpha value is -0.0800. The molecule has 2 nitrogen and oxygen atoms in total. The molecule has 0 aliphatic heterocycles. The van der Waals surface area contributed by atoms with Gasteiger partial charge in [0.1, 0.15) is 0 Å². The zero-order valence-electron chi connectivity index (χ0n) is 11.8. The number of hydrogen-bond acceptors (Lipinski definition) is 2. The average molecular weight is 226 g/mol. The number of likely N-dealkylation sites (N-methyl/N-ethyl adjacent to an activating group) is 1. The fourth-order valence-corrected chi connectivity index (χ4v) is 2.26. The van der Waals surface area contributed by atoms with Crippen LogP contribution in [0.25, 0.3) is 0 Å². The SMILES string of the molecule is CC(C)CCC(C)NCC(C1CC1)N(C)C. The molecule has 2 unspecified atom stereocenters. The van der Waals surface area contributed by atoms with Gasteiger partial charge in [0.25, 0.3) is 0 Å². The van der Waals surface area contributed by atoms with Gasteiger partial charge in [0.15, 0.2) is 0 Å². The summed E-state index contributed by atoms with van der Waals surface area (Å²) >= 11 is 0. The van der Waals surface area contributed by atoms with Crippen molar-refractivity contribution in [2.45, 2.75) is 58.5 Å². The number of nitrogens with zero attached hydrogens (tertiary/aromatic N) is 1. The van der Waals surface area contributed by atoms with Gasteiger partial charge in [-0.25, -0.2) is 0 Å². The minimum absolute atomic E-state index is 0.670. The number of hydrogen-bond donors (Lipinski definition) is 1. The van der Waals surface area contributed by atoms with Crippen molar-refractivity contribution < 1.29 is 0 Å². The molecular formula is C14H30N2. The topological polar surface area (TPSA) is 15.3 Å². The van der Waals surface area contributed by atoms with Crippen molar-refractivity contribution in [3.63, 3.8) is 0 Å².